The number of aromatic nitrogens is 6. The van der Waals surface area contributed by atoms with Crippen molar-refractivity contribution in [1.82, 2.24) is 35.1 Å². The van der Waals surface area contributed by atoms with Crippen molar-refractivity contribution in [2.45, 2.75) is 45.3 Å². The Labute approximate surface area is 197 Å². The number of para-hydroxylation sites is 2. The number of fused-ring (bicyclic) bond motifs is 1. The first kappa shape index (κ1) is 24.0. The van der Waals surface area contributed by atoms with E-state index in [9.17, 15) is 9.59 Å². The number of likely N-dealkylation sites (tertiary alicyclic amines) is 1. The molecule has 0 saturated carbocycles. The van der Waals surface area contributed by atoms with Crippen LogP contribution in [0, 0.1) is 5.92 Å². The highest BCUT2D eigenvalue weighted by atomic mass is 16.6. The molecule has 11 heteroatoms. The number of Topliss-reactive ketones (excluding diaryl/α,β-unsaturated/α-hetero) is 1. The first-order valence-electron chi connectivity index (χ1n) is 11.7. The Bertz CT molecular complexity index is 1090. The van der Waals surface area contributed by atoms with Crippen LogP contribution in [0.4, 0.5) is 0 Å². The summed E-state index contributed by atoms with van der Waals surface area (Å²) in [6.45, 7) is 4.39. The fourth-order valence-corrected chi connectivity index (χ4v) is 4.42. The maximum Gasteiger partial charge on any atom is 0.331 e. The molecule has 4 rings (SSSR count). The molecule has 1 N–H and O–H groups in total. The van der Waals surface area contributed by atoms with Crippen LogP contribution < -0.4 is 0 Å². The van der Waals surface area contributed by atoms with Crippen LogP contribution in [0.15, 0.2) is 24.3 Å². The molecular formula is C23H31N7O4. The second-order valence-electron chi connectivity index (χ2n) is 8.57. The number of hydrogen-bond acceptors (Lipinski definition) is 9. The lowest BCUT2D eigenvalue weighted by atomic mass is 9.92. The van der Waals surface area contributed by atoms with E-state index in [0.29, 0.717) is 5.82 Å². The Hall–Kier alpha value is -3.18. The lowest BCUT2D eigenvalue weighted by Gasteiger charge is -2.31. The highest BCUT2D eigenvalue weighted by Gasteiger charge is 2.30. The van der Waals surface area contributed by atoms with Crippen LogP contribution in [0.5, 0.6) is 0 Å². The second-order valence-corrected chi connectivity index (χ2v) is 8.57. The summed E-state index contributed by atoms with van der Waals surface area (Å²) in [4.78, 5) is 32.1. The zero-order valence-electron chi connectivity index (χ0n) is 19.6. The Kier molecular flexibility index (Phi) is 7.96. The first-order chi connectivity index (χ1) is 16.6. The van der Waals surface area contributed by atoms with Crippen molar-refractivity contribution in [2.24, 2.45) is 5.92 Å². The van der Waals surface area contributed by atoms with Crippen LogP contribution in [-0.2, 0) is 20.7 Å². The molecule has 11 nitrogen and oxygen atoms in total. The summed E-state index contributed by atoms with van der Waals surface area (Å²) in [6.07, 6.45) is 3.98. The molecule has 1 saturated heterocycles. The fourth-order valence-electron chi connectivity index (χ4n) is 4.42. The van der Waals surface area contributed by atoms with Gasteiger partial charge in [-0.2, -0.15) is 0 Å². The average molecular weight is 470 g/mol. The Balaban J connectivity index is 1.36. The van der Waals surface area contributed by atoms with Gasteiger partial charge in [0.25, 0.3) is 0 Å². The molecule has 1 aliphatic rings. The number of piperidine rings is 1. The lowest BCUT2D eigenvalue weighted by molar-refractivity contribution is -0.149. The van der Waals surface area contributed by atoms with Crippen molar-refractivity contribution in [1.29, 1.82) is 0 Å². The van der Waals surface area contributed by atoms with E-state index in [2.05, 4.69) is 35.2 Å². The molecular weight excluding hydrogens is 438 g/mol. The van der Waals surface area contributed by atoms with E-state index in [-0.39, 0.29) is 18.3 Å². The summed E-state index contributed by atoms with van der Waals surface area (Å²) in [6, 6.07) is 7.59. The summed E-state index contributed by atoms with van der Waals surface area (Å²) in [5.41, 5.74) is 1.54. The van der Waals surface area contributed by atoms with Crippen LogP contribution in [0.2, 0.25) is 0 Å². The number of ketones is 1. The first-order valence-corrected chi connectivity index (χ1v) is 11.7. The number of unbranched alkanes of at least 4 members (excludes halogenated alkanes) is 1. The zero-order chi connectivity index (χ0) is 23.9. The van der Waals surface area contributed by atoms with E-state index >= 15 is 0 Å². The average Bonchev–Trinajstić information content (AvgIpc) is 3.53. The molecule has 2 aromatic heterocycles. The quantitative estimate of drug-likeness (QED) is 0.255. The standard InChI is InChI=1S/C23H31N7O4/c1-16(34-15-21(31)33-2)30-19-8-4-3-7-18(19)24-23(30)22(32)17-10-13-29(14-11-17)12-6-5-9-20-25-27-28-26-20/h3-4,7-8,16-17H,5-6,9-15H2,1-2H3,(H,25,26,27,28). The van der Waals surface area contributed by atoms with E-state index < -0.39 is 12.2 Å². The Morgan fingerprint density at radius 2 is 2.00 bits per heavy atom. The van der Waals surface area contributed by atoms with Crippen LogP contribution in [0.3, 0.4) is 0 Å². The van der Waals surface area contributed by atoms with Gasteiger partial charge in [0.1, 0.15) is 18.7 Å². The molecule has 34 heavy (non-hydrogen) atoms. The van der Waals surface area contributed by atoms with Gasteiger partial charge in [-0.25, -0.2) is 14.9 Å². The van der Waals surface area contributed by atoms with Gasteiger partial charge in [-0.05, 0) is 74.8 Å². The monoisotopic (exact) mass is 469 g/mol. The number of carbonyl (C=O) groups excluding carboxylic acids is 2. The molecule has 0 aliphatic carbocycles. The molecule has 0 radical (unpaired) electrons. The van der Waals surface area contributed by atoms with E-state index in [1.807, 2.05) is 31.2 Å². The SMILES string of the molecule is COC(=O)COC(C)n1c(C(=O)C2CCN(CCCCc3nnn[nH]3)CC2)nc2ccccc21. The summed E-state index contributed by atoms with van der Waals surface area (Å²) < 4.78 is 12.2. The molecule has 0 spiro atoms. The van der Waals surface area contributed by atoms with Crippen molar-refractivity contribution in [3.05, 3.63) is 35.9 Å². The van der Waals surface area contributed by atoms with E-state index in [4.69, 9.17) is 4.74 Å². The third kappa shape index (κ3) is 5.65. The third-order valence-electron chi connectivity index (χ3n) is 6.34. The molecule has 1 aliphatic heterocycles. The number of esters is 1. The van der Waals surface area contributed by atoms with Gasteiger partial charge in [0.15, 0.2) is 5.82 Å². The van der Waals surface area contributed by atoms with Gasteiger partial charge < -0.3 is 14.4 Å². The Morgan fingerprint density at radius 3 is 2.74 bits per heavy atom. The largest absolute Gasteiger partial charge is 0.467 e. The number of rotatable bonds is 11. The highest BCUT2D eigenvalue weighted by molar-refractivity contribution is 5.98. The van der Waals surface area contributed by atoms with Gasteiger partial charge in [-0.1, -0.05) is 12.1 Å². The van der Waals surface area contributed by atoms with Gasteiger partial charge >= 0.3 is 5.97 Å². The van der Waals surface area contributed by atoms with E-state index in [1.54, 1.807) is 4.57 Å². The molecule has 3 heterocycles. The van der Waals surface area contributed by atoms with Crippen molar-refractivity contribution in [3.63, 3.8) is 0 Å². The number of benzene rings is 1. The maximum absolute atomic E-state index is 13.5. The molecule has 1 unspecified atom stereocenters. The van der Waals surface area contributed by atoms with Crippen molar-refractivity contribution in [2.75, 3.05) is 33.4 Å². The lowest BCUT2D eigenvalue weighted by Crippen LogP contribution is -2.37. The number of nitrogens with zero attached hydrogens (tertiary/aromatic N) is 6. The smallest absolute Gasteiger partial charge is 0.331 e. The molecule has 1 aromatic carbocycles. The van der Waals surface area contributed by atoms with Gasteiger partial charge in [0.2, 0.25) is 5.78 Å². The summed E-state index contributed by atoms with van der Waals surface area (Å²) in [5, 5.41) is 13.9. The second kappa shape index (κ2) is 11.3. The highest BCUT2D eigenvalue weighted by Crippen LogP contribution is 2.27. The number of tetrazole rings is 1. The van der Waals surface area contributed by atoms with Crippen molar-refractivity contribution >= 4 is 22.8 Å². The van der Waals surface area contributed by atoms with Crippen LogP contribution >= 0.6 is 0 Å². The van der Waals surface area contributed by atoms with E-state index in [1.165, 1.54) is 7.11 Å². The molecule has 0 amide bonds. The topological polar surface area (TPSA) is 128 Å². The number of hydrogen-bond donors (Lipinski definition) is 1. The number of aryl methyl sites for hydroxylation is 1. The fraction of sp³-hybridized carbons (Fsp3) is 0.565. The van der Waals surface area contributed by atoms with Crippen LogP contribution in [0.1, 0.15) is 55.3 Å². The number of nitrogens with one attached hydrogen (secondary N) is 1. The summed E-state index contributed by atoms with van der Waals surface area (Å²) in [7, 11) is 1.32. The van der Waals surface area contributed by atoms with Crippen molar-refractivity contribution < 1.29 is 19.1 Å². The normalized spacial score (nSPS) is 16.1. The van der Waals surface area contributed by atoms with Gasteiger partial charge in [-0.15, -0.1) is 5.10 Å². The predicted molar refractivity (Wildman–Crippen MR) is 123 cm³/mol. The summed E-state index contributed by atoms with van der Waals surface area (Å²) >= 11 is 0. The van der Waals surface area contributed by atoms with Gasteiger partial charge in [0.05, 0.1) is 18.1 Å². The number of H-pyrrole nitrogens is 1. The van der Waals surface area contributed by atoms with Crippen molar-refractivity contribution in [3.8, 4) is 0 Å². The Morgan fingerprint density at radius 1 is 1.21 bits per heavy atom. The minimum atomic E-state index is -0.537. The van der Waals surface area contributed by atoms with Crippen LogP contribution in [0.25, 0.3) is 11.0 Å². The number of aromatic amines is 1. The number of ether oxygens (including phenoxy) is 2. The molecule has 1 atom stereocenters. The van der Waals surface area contributed by atoms with Crippen LogP contribution in [-0.4, -0.2) is 80.2 Å². The molecule has 3 aromatic rings. The molecule has 0 bridgehead atoms. The van der Waals surface area contributed by atoms with Gasteiger partial charge in [-0.3, -0.25) is 9.36 Å². The van der Waals surface area contributed by atoms with E-state index in [0.717, 1.165) is 68.6 Å². The molecule has 1 fully saturated rings. The maximum atomic E-state index is 13.5. The van der Waals surface area contributed by atoms with Gasteiger partial charge in [0, 0.05) is 12.3 Å². The number of methoxy groups -OCH3 is 1. The minimum absolute atomic E-state index is 0.0298. The minimum Gasteiger partial charge on any atom is -0.467 e. The molecule has 182 valence electrons. The third-order valence-corrected chi connectivity index (χ3v) is 6.34. The summed E-state index contributed by atoms with van der Waals surface area (Å²) in [5.74, 6) is 0.686. The number of carbonyl (C=O) groups is 2. The zero-order valence-corrected chi connectivity index (χ0v) is 19.6. The number of imidazole rings is 1. The predicted octanol–water partition coefficient (Wildman–Crippen LogP) is 2.18.